The maximum Gasteiger partial charge on any atom is 0.219 e. The molecule has 0 heterocycles. The molecule has 2 aromatic carbocycles. The number of hydrogen-bond acceptors (Lipinski definition) is 3. The first-order valence-corrected chi connectivity index (χ1v) is 15.1. The van der Waals surface area contributed by atoms with E-state index in [0.29, 0.717) is 30.9 Å². The van der Waals surface area contributed by atoms with Crippen LogP contribution in [-0.4, -0.2) is 34.6 Å². The van der Waals surface area contributed by atoms with Gasteiger partial charge in [-0.15, -0.1) is 0 Å². The van der Waals surface area contributed by atoms with Crippen molar-refractivity contribution in [2.75, 3.05) is 13.1 Å². The highest BCUT2D eigenvalue weighted by Gasteiger charge is 2.61. The average Bonchev–Trinajstić information content (AvgIpc) is 3.19. The highest BCUT2D eigenvalue weighted by atomic mass is 16.5. The molecule has 3 aliphatic carbocycles. The fraction of sp³-hybridized carbons (Fsp3) is 0.618. The van der Waals surface area contributed by atoms with Gasteiger partial charge in [0, 0.05) is 25.4 Å². The molecule has 4 heteroatoms. The SMILES string of the molecule is CCCCCCN(C[C@]1(O)CC[C@H]2[C@@H]3CCc4cc(OCc5ccccc5)ccc4[C@H]3CC[C@@]21C)C(C)=O. The van der Waals surface area contributed by atoms with Crippen molar-refractivity contribution in [3.63, 3.8) is 0 Å². The summed E-state index contributed by atoms with van der Waals surface area (Å²) in [6.45, 7) is 8.09. The van der Waals surface area contributed by atoms with Gasteiger partial charge in [-0.1, -0.05) is 69.5 Å². The maximum atomic E-state index is 12.5. The number of carbonyl (C=O) groups excluding carboxylic acids is 1. The Morgan fingerprint density at radius 1 is 1.05 bits per heavy atom. The van der Waals surface area contributed by atoms with E-state index >= 15 is 0 Å². The number of aryl methyl sites for hydroxylation is 1. The quantitative estimate of drug-likeness (QED) is 0.337. The molecule has 2 saturated carbocycles. The van der Waals surface area contributed by atoms with Crippen LogP contribution < -0.4 is 4.74 Å². The highest BCUT2D eigenvalue weighted by molar-refractivity contribution is 5.73. The Hall–Kier alpha value is -2.33. The predicted molar refractivity (Wildman–Crippen MR) is 153 cm³/mol. The summed E-state index contributed by atoms with van der Waals surface area (Å²) in [4.78, 5) is 14.5. The number of carbonyl (C=O) groups is 1. The Balaban J connectivity index is 1.27. The van der Waals surface area contributed by atoms with Crippen LogP contribution in [-0.2, 0) is 17.8 Å². The van der Waals surface area contributed by atoms with Crippen molar-refractivity contribution in [2.24, 2.45) is 17.3 Å². The Morgan fingerprint density at radius 3 is 2.63 bits per heavy atom. The molecule has 0 saturated heterocycles. The van der Waals surface area contributed by atoms with E-state index < -0.39 is 5.60 Å². The second-order valence-corrected chi connectivity index (χ2v) is 12.6. The van der Waals surface area contributed by atoms with Crippen LogP contribution >= 0.6 is 0 Å². The lowest BCUT2D eigenvalue weighted by molar-refractivity contribution is -0.143. The van der Waals surface area contributed by atoms with Crippen LogP contribution in [0.3, 0.4) is 0 Å². The molecule has 206 valence electrons. The van der Waals surface area contributed by atoms with Crippen LogP contribution in [0.5, 0.6) is 5.75 Å². The van der Waals surface area contributed by atoms with Gasteiger partial charge in [-0.25, -0.2) is 0 Å². The number of fused-ring (bicyclic) bond motifs is 5. The van der Waals surface area contributed by atoms with Crippen molar-refractivity contribution in [3.05, 3.63) is 65.2 Å². The molecule has 0 unspecified atom stereocenters. The first-order chi connectivity index (χ1) is 18.3. The van der Waals surface area contributed by atoms with Gasteiger partial charge in [-0.05, 0) is 91.5 Å². The summed E-state index contributed by atoms with van der Waals surface area (Å²) in [6.07, 6.45) is 10.9. The van der Waals surface area contributed by atoms with Crippen LogP contribution in [0.4, 0.5) is 0 Å². The number of amides is 1. The summed E-state index contributed by atoms with van der Waals surface area (Å²) in [5.74, 6) is 2.77. The maximum absolute atomic E-state index is 12.5. The minimum Gasteiger partial charge on any atom is -0.489 e. The molecule has 0 aliphatic heterocycles. The van der Waals surface area contributed by atoms with Crippen LogP contribution in [0, 0.1) is 17.3 Å². The zero-order valence-corrected chi connectivity index (χ0v) is 23.8. The normalized spacial score (nSPS) is 29.7. The van der Waals surface area contributed by atoms with Crippen molar-refractivity contribution in [2.45, 2.75) is 103 Å². The molecule has 0 aromatic heterocycles. The van der Waals surface area contributed by atoms with Gasteiger partial charge in [-0.2, -0.15) is 0 Å². The van der Waals surface area contributed by atoms with Gasteiger partial charge in [0.1, 0.15) is 12.4 Å². The molecule has 0 spiro atoms. The lowest BCUT2D eigenvalue weighted by Crippen LogP contribution is -2.56. The standard InChI is InChI=1S/C34H47NO3/c1-4-5-6-10-21-35(25(2)36)24-34(37)20-18-32-31-15-13-27-22-28(38-23-26-11-8-7-9-12-26)14-16-29(27)30(31)17-19-33(32,34)3/h7-9,11-12,14,16,22,30-32,37H,4-6,10,13,15,17-21,23-24H2,1-3H3/t30-,31-,32+,33+,34-/m1/s1. The molecular weight excluding hydrogens is 470 g/mol. The zero-order valence-electron chi connectivity index (χ0n) is 23.8. The van der Waals surface area contributed by atoms with Gasteiger partial charge in [0.25, 0.3) is 0 Å². The fourth-order valence-electron chi connectivity index (χ4n) is 8.15. The topological polar surface area (TPSA) is 49.8 Å². The smallest absolute Gasteiger partial charge is 0.219 e. The van der Waals surface area contributed by atoms with Crippen molar-refractivity contribution in [1.29, 1.82) is 0 Å². The van der Waals surface area contributed by atoms with Gasteiger partial charge >= 0.3 is 0 Å². The molecule has 0 bridgehead atoms. The molecule has 38 heavy (non-hydrogen) atoms. The van der Waals surface area contributed by atoms with Gasteiger partial charge in [-0.3, -0.25) is 4.79 Å². The molecule has 1 N–H and O–H groups in total. The molecular formula is C34H47NO3. The van der Waals surface area contributed by atoms with E-state index in [0.717, 1.165) is 57.2 Å². The summed E-state index contributed by atoms with van der Waals surface area (Å²) in [5, 5.41) is 12.1. The lowest BCUT2D eigenvalue weighted by Gasteiger charge is -2.54. The molecule has 5 atom stereocenters. The third-order valence-corrected chi connectivity index (χ3v) is 10.4. The highest BCUT2D eigenvalue weighted by Crippen LogP contribution is 2.64. The van der Waals surface area contributed by atoms with Crippen LogP contribution in [0.2, 0.25) is 0 Å². The number of hydrogen-bond donors (Lipinski definition) is 1. The summed E-state index contributed by atoms with van der Waals surface area (Å²) in [7, 11) is 0. The Morgan fingerprint density at radius 2 is 1.87 bits per heavy atom. The molecule has 1 amide bonds. The number of rotatable bonds is 10. The number of benzene rings is 2. The fourth-order valence-corrected chi connectivity index (χ4v) is 8.15. The molecule has 5 rings (SSSR count). The monoisotopic (exact) mass is 517 g/mol. The predicted octanol–water partition coefficient (Wildman–Crippen LogP) is 7.28. The average molecular weight is 518 g/mol. The van der Waals surface area contributed by atoms with Gasteiger partial charge in [0.05, 0.1) is 5.60 Å². The Bertz CT molecular complexity index is 1100. The van der Waals surface area contributed by atoms with E-state index in [1.807, 2.05) is 11.0 Å². The number of unbranched alkanes of at least 4 members (excludes halogenated alkanes) is 3. The first-order valence-electron chi connectivity index (χ1n) is 15.1. The van der Waals surface area contributed by atoms with Crippen molar-refractivity contribution in [3.8, 4) is 5.75 Å². The van der Waals surface area contributed by atoms with Crippen LogP contribution in [0.15, 0.2) is 48.5 Å². The van der Waals surface area contributed by atoms with Gasteiger partial charge in [0.15, 0.2) is 0 Å². The number of nitrogens with zero attached hydrogens (tertiary/aromatic N) is 1. The summed E-state index contributed by atoms with van der Waals surface area (Å²) >= 11 is 0. The van der Waals surface area contributed by atoms with E-state index in [4.69, 9.17) is 4.74 Å². The largest absolute Gasteiger partial charge is 0.489 e. The minimum atomic E-state index is -0.783. The third kappa shape index (κ3) is 5.26. The summed E-state index contributed by atoms with van der Waals surface area (Å²) < 4.78 is 6.14. The Kier molecular flexibility index (Phi) is 8.19. The molecule has 2 fully saturated rings. The molecule has 3 aliphatic rings. The first kappa shape index (κ1) is 27.2. The van der Waals surface area contributed by atoms with Crippen molar-refractivity contribution >= 4 is 5.91 Å². The van der Waals surface area contributed by atoms with E-state index in [9.17, 15) is 9.90 Å². The molecule has 2 aromatic rings. The molecule has 4 nitrogen and oxygen atoms in total. The zero-order chi connectivity index (χ0) is 26.8. The van der Waals surface area contributed by atoms with E-state index in [1.54, 1.807) is 6.92 Å². The third-order valence-electron chi connectivity index (χ3n) is 10.4. The molecule has 0 radical (unpaired) electrons. The van der Waals surface area contributed by atoms with Gasteiger partial charge in [0.2, 0.25) is 5.91 Å². The lowest BCUT2D eigenvalue weighted by atomic mass is 9.53. The van der Waals surface area contributed by atoms with E-state index in [1.165, 1.54) is 36.0 Å². The van der Waals surface area contributed by atoms with Gasteiger partial charge < -0.3 is 14.7 Å². The van der Waals surface area contributed by atoms with E-state index in [-0.39, 0.29) is 11.3 Å². The van der Waals surface area contributed by atoms with Crippen molar-refractivity contribution < 1.29 is 14.6 Å². The number of aliphatic hydroxyl groups is 1. The van der Waals surface area contributed by atoms with Crippen LogP contribution in [0.25, 0.3) is 0 Å². The minimum absolute atomic E-state index is 0.104. The second kappa shape index (κ2) is 11.4. The van der Waals surface area contributed by atoms with Crippen molar-refractivity contribution in [1.82, 2.24) is 4.90 Å². The summed E-state index contributed by atoms with van der Waals surface area (Å²) in [6, 6.07) is 17.1. The summed E-state index contributed by atoms with van der Waals surface area (Å²) in [5.41, 5.74) is 3.24. The van der Waals surface area contributed by atoms with Crippen LogP contribution in [0.1, 0.15) is 101 Å². The second-order valence-electron chi connectivity index (χ2n) is 12.6. The Labute approximate surface area is 229 Å². The number of ether oxygens (including phenoxy) is 1. The van der Waals surface area contributed by atoms with E-state index in [2.05, 4.69) is 56.3 Å².